The molecule has 56 heavy (non-hydrogen) atoms. The summed E-state index contributed by atoms with van der Waals surface area (Å²) in [5.74, 6) is -2.99. The van der Waals surface area contributed by atoms with E-state index in [-0.39, 0.29) is 48.7 Å². The van der Waals surface area contributed by atoms with E-state index >= 15 is 0 Å². The van der Waals surface area contributed by atoms with Crippen molar-refractivity contribution in [1.29, 1.82) is 0 Å². The zero-order chi connectivity index (χ0) is 39.9. The highest BCUT2D eigenvalue weighted by Crippen LogP contribution is 2.44. The molecule has 0 bridgehead atoms. The zero-order valence-electron chi connectivity index (χ0n) is 29.6. The van der Waals surface area contributed by atoms with E-state index in [4.69, 9.17) is 26.4 Å². The number of halogens is 1. The molecule has 1 aromatic heterocycles. The minimum Gasteiger partial charge on any atom is -0.612 e. The number of hydrogen-bond donors (Lipinski definition) is 0. The van der Waals surface area contributed by atoms with Gasteiger partial charge in [0.15, 0.2) is 4.90 Å². The smallest absolute Gasteiger partial charge is 0.347 e. The molecule has 0 saturated heterocycles. The minimum absolute atomic E-state index is 0.0218. The second kappa shape index (κ2) is 18.0. The first-order valence-electron chi connectivity index (χ1n) is 16.8. The zero-order valence-corrected chi connectivity index (χ0v) is 32.9. The van der Waals surface area contributed by atoms with Gasteiger partial charge < -0.3 is 23.6 Å². The molecule has 6 rings (SSSR count). The van der Waals surface area contributed by atoms with Crippen LogP contribution < -0.4 is 14.2 Å². The van der Waals surface area contributed by atoms with Crippen molar-refractivity contribution in [2.45, 2.75) is 31.1 Å². The number of benzene rings is 4. The van der Waals surface area contributed by atoms with Crippen molar-refractivity contribution in [3.8, 4) is 27.7 Å². The lowest BCUT2D eigenvalue weighted by Crippen LogP contribution is -2.16. The van der Waals surface area contributed by atoms with E-state index < -0.39 is 40.0 Å². The second-order valence-corrected chi connectivity index (χ2v) is 16.5. The molecule has 1 aliphatic rings. The molecular formula is C40H30FNO10S4. The highest BCUT2D eigenvalue weighted by Gasteiger charge is 2.27. The second-order valence-electron chi connectivity index (χ2n) is 12.2. The fraction of sp³-hybridized carbons (Fsp3) is 0.150. The van der Waals surface area contributed by atoms with Gasteiger partial charge in [-0.15, -0.1) is 10.1 Å². The maximum absolute atomic E-state index is 14.5. The number of carbonyl (C=O) groups excluding carboxylic acids is 3. The monoisotopic (exact) mass is 831 g/mol. The molecule has 1 aliphatic carbocycles. The van der Waals surface area contributed by atoms with Crippen molar-refractivity contribution in [2.24, 2.45) is 0 Å². The Balaban J connectivity index is 1.23. The Morgan fingerprint density at radius 3 is 2.29 bits per heavy atom. The lowest BCUT2D eigenvalue weighted by Gasteiger charge is -2.13. The van der Waals surface area contributed by atoms with Crippen LogP contribution in [0.1, 0.15) is 53.2 Å². The number of fused-ring (bicyclic) bond motifs is 1. The molecule has 4 aromatic carbocycles. The average molecular weight is 832 g/mol. The van der Waals surface area contributed by atoms with Crippen molar-refractivity contribution in [3.63, 3.8) is 0 Å². The molecule has 0 saturated carbocycles. The van der Waals surface area contributed by atoms with E-state index in [1.54, 1.807) is 48.7 Å². The molecule has 1 atom stereocenters. The maximum atomic E-state index is 14.5. The third kappa shape index (κ3) is 10.0. The van der Waals surface area contributed by atoms with Gasteiger partial charge in [-0.3, -0.25) is 9.59 Å². The van der Waals surface area contributed by atoms with Crippen LogP contribution in [-0.4, -0.2) is 40.4 Å². The molecule has 0 spiro atoms. The molecule has 1 unspecified atom stereocenters. The quantitative estimate of drug-likeness (QED) is 0.0154. The first-order valence-corrected chi connectivity index (χ1v) is 20.9. The molecule has 0 fully saturated rings. The molecule has 0 aliphatic heterocycles. The number of carbonyl (C=O) groups is 3. The third-order valence-corrected chi connectivity index (χ3v) is 12.3. The predicted molar refractivity (Wildman–Crippen MR) is 214 cm³/mol. The summed E-state index contributed by atoms with van der Waals surface area (Å²) in [6.45, 7) is 1.49. The van der Waals surface area contributed by atoms with Crippen LogP contribution in [0.25, 0.3) is 27.7 Å². The van der Waals surface area contributed by atoms with Gasteiger partial charge in [-0.25, -0.2) is 9.18 Å². The Hall–Kier alpha value is -5.52. The standard InChI is InChI=1S/C40H30FNO10S4/c1-23-31(18-24-5-13-29(14-6-24)56(2)48)30-15-9-26(41)19-33(30)32(23)21-38(44)50-28-12-16-35(52-37(43)4-3-17-49-42(46)47)34(20-28)40(45)51-27-10-7-25(8-11-27)36-22-39(53)55-54-36/h5-16,18-20,22H,3-4,17,21H2,1-2H3/b31-18+. The van der Waals surface area contributed by atoms with E-state index in [1.165, 1.54) is 51.0 Å². The molecule has 0 N–H and O–H groups in total. The van der Waals surface area contributed by atoms with Gasteiger partial charge in [0, 0.05) is 11.3 Å². The van der Waals surface area contributed by atoms with Crippen LogP contribution in [0.3, 0.4) is 0 Å². The SMILES string of the molecule is CC1=C(CC(=O)Oc2ccc(OC(=O)CCCO[N+](=O)[O-])c(C(=O)Oc3ccc(-c4cc(=S)ss4)cc3)c2)c2cc(F)ccc2/C1=C/c1ccc([S+](C)[O-])cc1. The molecule has 16 heteroatoms. The van der Waals surface area contributed by atoms with Gasteiger partial charge in [0.25, 0.3) is 5.09 Å². The maximum Gasteiger partial charge on any atom is 0.347 e. The van der Waals surface area contributed by atoms with Crippen molar-refractivity contribution in [1.82, 2.24) is 0 Å². The van der Waals surface area contributed by atoms with E-state index in [9.17, 15) is 33.4 Å². The summed E-state index contributed by atoms with van der Waals surface area (Å²) in [7, 11) is 2.98. The predicted octanol–water partition coefficient (Wildman–Crippen LogP) is 9.52. The Morgan fingerprint density at radius 1 is 0.875 bits per heavy atom. The van der Waals surface area contributed by atoms with Gasteiger partial charge in [0.1, 0.15) is 38.7 Å². The van der Waals surface area contributed by atoms with Crippen LogP contribution in [0.4, 0.5) is 4.39 Å². The van der Waals surface area contributed by atoms with E-state index in [1.807, 2.05) is 31.2 Å². The highest BCUT2D eigenvalue weighted by atomic mass is 32.9. The molecule has 286 valence electrons. The van der Waals surface area contributed by atoms with Gasteiger partial charge in [-0.1, -0.05) is 39.0 Å². The Bertz CT molecular complexity index is 2440. The number of hydrogen-bond acceptors (Lipinski definition) is 13. The largest absolute Gasteiger partial charge is 0.612 e. The summed E-state index contributed by atoms with van der Waals surface area (Å²) in [6, 6.07) is 23.9. The fourth-order valence-corrected chi connectivity index (χ4v) is 8.71. The summed E-state index contributed by atoms with van der Waals surface area (Å²) < 4.78 is 43.9. The topological polar surface area (TPSA) is 154 Å². The summed E-state index contributed by atoms with van der Waals surface area (Å²) in [6.07, 6.45) is 2.98. The fourth-order valence-electron chi connectivity index (χ4n) is 5.79. The van der Waals surface area contributed by atoms with E-state index in [0.717, 1.165) is 36.5 Å². The normalized spacial score (nSPS) is 13.2. The molecular weight excluding hydrogens is 802 g/mol. The molecule has 5 aromatic rings. The van der Waals surface area contributed by atoms with Gasteiger partial charge in [0.05, 0.1) is 13.0 Å². The first kappa shape index (κ1) is 40.2. The molecule has 1 heterocycles. The average Bonchev–Trinajstić information content (AvgIpc) is 3.71. The van der Waals surface area contributed by atoms with Gasteiger partial charge >= 0.3 is 17.9 Å². The van der Waals surface area contributed by atoms with Gasteiger partial charge in [0.2, 0.25) is 0 Å². The van der Waals surface area contributed by atoms with Gasteiger partial charge in [-0.2, -0.15) is 0 Å². The third-order valence-electron chi connectivity index (χ3n) is 8.46. The first-order chi connectivity index (χ1) is 26.8. The number of rotatable bonds is 14. The number of allylic oxidation sites excluding steroid dienone is 2. The van der Waals surface area contributed by atoms with Gasteiger partial charge in [-0.05, 0) is 154 Å². The van der Waals surface area contributed by atoms with Crippen LogP contribution >= 0.6 is 32.9 Å². The van der Waals surface area contributed by atoms with Crippen molar-refractivity contribution in [2.75, 3.05) is 12.9 Å². The van der Waals surface area contributed by atoms with Crippen molar-refractivity contribution >= 4 is 79.2 Å². The Morgan fingerprint density at radius 2 is 1.61 bits per heavy atom. The van der Waals surface area contributed by atoms with Crippen LogP contribution in [-0.2, 0) is 25.6 Å². The minimum atomic E-state index is -1.14. The summed E-state index contributed by atoms with van der Waals surface area (Å²) in [5.41, 5.74) is 4.77. The van der Waals surface area contributed by atoms with Crippen molar-refractivity contribution < 1.29 is 47.5 Å². The van der Waals surface area contributed by atoms with Crippen LogP contribution in [0, 0.1) is 19.8 Å². The lowest BCUT2D eigenvalue weighted by molar-refractivity contribution is -0.757. The lowest BCUT2D eigenvalue weighted by atomic mass is 10.0. The summed E-state index contributed by atoms with van der Waals surface area (Å²) >= 11 is 4.08. The van der Waals surface area contributed by atoms with E-state index in [2.05, 4.69) is 4.84 Å². The van der Waals surface area contributed by atoms with Crippen LogP contribution in [0.5, 0.6) is 17.2 Å². The molecule has 0 radical (unpaired) electrons. The Kier molecular flexibility index (Phi) is 12.9. The number of ether oxygens (including phenoxy) is 3. The molecule has 0 amide bonds. The molecule has 11 nitrogen and oxygen atoms in total. The summed E-state index contributed by atoms with van der Waals surface area (Å²) in [5, 5.41) is 9.47. The number of esters is 3. The van der Waals surface area contributed by atoms with Crippen molar-refractivity contribution in [3.05, 3.63) is 139 Å². The van der Waals surface area contributed by atoms with Crippen LogP contribution in [0.15, 0.2) is 101 Å². The highest BCUT2D eigenvalue weighted by molar-refractivity contribution is 7.90. The number of nitrogens with zero attached hydrogens (tertiary/aromatic N) is 1. The van der Waals surface area contributed by atoms with Crippen LogP contribution in [0.2, 0.25) is 0 Å². The summed E-state index contributed by atoms with van der Waals surface area (Å²) in [4.78, 5) is 56.0. The van der Waals surface area contributed by atoms with E-state index in [0.29, 0.717) is 16.0 Å². The Labute approximate surface area is 335 Å².